The van der Waals surface area contributed by atoms with Gasteiger partial charge < -0.3 is 0 Å². The van der Waals surface area contributed by atoms with Crippen LogP contribution in [0.15, 0.2) is 53.0 Å². The molecule has 4 rings (SSSR count). The van der Waals surface area contributed by atoms with Crippen molar-refractivity contribution in [1.82, 2.24) is 0 Å². The zero-order chi connectivity index (χ0) is 19.2. The van der Waals surface area contributed by atoms with E-state index in [0.29, 0.717) is 36.2 Å². The molecule has 0 bridgehead atoms. The number of hydrogen-bond donors (Lipinski definition) is 0. The van der Waals surface area contributed by atoms with Crippen LogP contribution in [0.1, 0.15) is 42.0 Å². The summed E-state index contributed by atoms with van der Waals surface area (Å²) < 4.78 is 38.5. The highest BCUT2D eigenvalue weighted by Crippen LogP contribution is 2.44. The Labute approximate surface area is 158 Å². The molecule has 1 aliphatic heterocycles. The zero-order valence-electron chi connectivity index (χ0n) is 14.3. The highest BCUT2D eigenvalue weighted by atomic mass is 32.1. The minimum atomic E-state index is -4.43. The number of hydrogen-bond acceptors (Lipinski definition) is 3. The number of halogens is 3. The summed E-state index contributed by atoms with van der Waals surface area (Å²) >= 11 is 1.51. The van der Waals surface area contributed by atoms with Crippen molar-refractivity contribution >= 4 is 28.7 Å². The van der Waals surface area contributed by atoms with Gasteiger partial charge in [0.2, 0.25) is 5.91 Å². The van der Waals surface area contributed by atoms with Crippen molar-refractivity contribution in [2.24, 2.45) is 0 Å². The van der Waals surface area contributed by atoms with Crippen molar-refractivity contribution in [2.45, 2.75) is 37.8 Å². The third kappa shape index (κ3) is 3.20. The van der Waals surface area contributed by atoms with Gasteiger partial charge in [-0.15, -0.1) is 11.3 Å². The Morgan fingerprint density at radius 2 is 1.78 bits per heavy atom. The van der Waals surface area contributed by atoms with Gasteiger partial charge >= 0.3 is 6.18 Å². The molecule has 0 saturated heterocycles. The van der Waals surface area contributed by atoms with Crippen LogP contribution in [0, 0.1) is 0 Å². The highest BCUT2D eigenvalue weighted by molar-refractivity contribution is 7.10. The van der Waals surface area contributed by atoms with E-state index in [-0.39, 0.29) is 24.0 Å². The third-order valence-corrected chi connectivity index (χ3v) is 6.00. The molecule has 1 aromatic carbocycles. The molecule has 0 radical (unpaired) electrons. The molecular formula is C20H16F3NO2S. The van der Waals surface area contributed by atoms with Crippen molar-refractivity contribution in [1.29, 1.82) is 0 Å². The van der Waals surface area contributed by atoms with Gasteiger partial charge in [-0.3, -0.25) is 14.5 Å². The van der Waals surface area contributed by atoms with Crippen LogP contribution in [-0.2, 0) is 15.8 Å². The first-order chi connectivity index (χ1) is 12.9. The Balaban J connectivity index is 1.79. The summed E-state index contributed by atoms with van der Waals surface area (Å²) in [4.78, 5) is 28.0. The summed E-state index contributed by atoms with van der Waals surface area (Å²) in [5.41, 5.74) is 0.893. The van der Waals surface area contributed by atoms with Crippen LogP contribution in [0.3, 0.4) is 0 Å². The summed E-state index contributed by atoms with van der Waals surface area (Å²) in [5, 5.41) is 1.91. The molecule has 2 heterocycles. The molecule has 0 fully saturated rings. The average molecular weight is 391 g/mol. The van der Waals surface area contributed by atoms with Crippen molar-refractivity contribution in [3.63, 3.8) is 0 Å². The molecule has 2 aromatic rings. The molecule has 1 amide bonds. The van der Waals surface area contributed by atoms with Crippen molar-refractivity contribution in [3.05, 3.63) is 63.5 Å². The highest BCUT2D eigenvalue weighted by Gasteiger charge is 2.40. The monoisotopic (exact) mass is 391 g/mol. The second-order valence-electron chi connectivity index (χ2n) is 6.68. The SMILES string of the molecule is O=C1CCCC2=C1[C@@H](c1cccs1)CC(=O)N2c1ccc(C(F)(F)F)cc1. The fourth-order valence-electron chi connectivity index (χ4n) is 3.82. The molecule has 140 valence electrons. The number of anilines is 1. The molecule has 2 aliphatic rings. The molecule has 0 unspecified atom stereocenters. The van der Waals surface area contributed by atoms with E-state index in [9.17, 15) is 22.8 Å². The van der Waals surface area contributed by atoms with Crippen LogP contribution in [-0.4, -0.2) is 11.7 Å². The number of Topliss-reactive ketones (excluding diaryl/α,β-unsaturated/α-hetero) is 1. The second kappa shape index (κ2) is 6.64. The van der Waals surface area contributed by atoms with Crippen LogP contribution >= 0.6 is 11.3 Å². The molecule has 1 atom stereocenters. The van der Waals surface area contributed by atoms with Crippen LogP contribution in [0.5, 0.6) is 0 Å². The fourth-order valence-corrected chi connectivity index (χ4v) is 4.66. The van der Waals surface area contributed by atoms with Crippen LogP contribution in [0.4, 0.5) is 18.9 Å². The Morgan fingerprint density at radius 3 is 2.41 bits per heavy atom. The topological polar surface area (TPSA) is 37.4 Å². The largest absolute Gasteiger partial charge is 0.416 e. The lowest BCUT2D eigenvalue weighted by Gasteiger charge is -2.38. The van der Waals surface area contributed by atoms with Crippen LogP contribution < -0.4 is 4.90 Å². The molecule has 0 spiro atoms. The number of benzene rings is 1. The van der Waals surface area contributed by atoms with E-state index in [2.05, 4.69) is 0 Å². The molecule has 7 heteroatoms. The van der Waals surface area contributed by atoms with Crippen molar-refractivity contribution in [3.8, 4) is 0 Å². The molecular weight excluding hydrogens is 375 g/mol. The Kier molecular flexibility index (Phi) is 4.42. The first-order valence-electron chi connectivity index (χ1n) is 8.66. The summed E-state index contributed by atoms with van der Waals surface area (Å²) in [5.74, 6) is -0.424. The normalized spacial score (nSPS) is 20.9. The molecule has 0 saturated carbocycles. The van der Waals surface area contributed by atoms with Crippen LogP contribution in [0.25, 0.3) is 0 Å². The first-order valence-corrected chi connectivity index (χ1v) is 9.54. The van der Waals surface area contributed by atoms with Gasteiger partial charge in [0.25, 0.3) is 0 Å². The van der Waals surface area contributed by atoms with Gasteiger partial charge in [-0.2, -0.15) is 13.2 Å². The fraction of sp³-hybridized carbons (Fsp3) is 0.300. The van der Waals surface area contributed by atoms with Crippen molar-refractivity contribution in [2.75, 3.05) is 4.90 Å². The number of allylic oxidation sites excluding steroid dienone is 2. The standard InChI is InChI=1S/C20H16F3NO2S/c21-20(22,23)12-6-8-13(9-7-12)24-15-3-1-4-16(25)19(15)14(11-18(24)26)17-5-2-10-27-17/h2,5-10,14H,1,3-4,11H2/t14-/m1/s1. The lowest BCUT2D eigenvalue weighted by atomic mass is 9.79. The Morgan fingerprint density at radius 1 is 1.04 bits per heavy atom. The summed E-state index contributed by atoms with van der Waals surface area (Å²) in [6.07, 6.45) is -2.64. The number of alkyl halides is 3. The molecule has 27 heavy (non-hydrogen) atoms. The first kappa shape index (κ1) is 18.0. The molecule has 1 aromatic heterocycles. The van der Waals surface area contributed by atoms with E-state index in [4.69, 9.17) is 0 Å². The van der Waals surface area contributed by atoms with Crippen molar-refractivity contribution < 1.29 is 22.8 Å². The van der Waals surface area contributed by atoms with Gasteiger partial charge in [0.1, 0.15) is 0 Å². The van der Waals surface area contributed by atoms with Gasteiger partial charge in [-0.1, -0.05) is 6.07 Å². The van der Waals surface area contributed by atoms with E-state index >= 15 is 0 Å². The molecule has 1 aliphatic carbocycles. The molecule has 0 N–H and O–H groups in total. The maximum atomic E-state index is 12.9. The number of amides is 1. The summed E-state index contributed by atoms with van der Waals surface area (Å²) in [7, 11) is 0. The number of rotatable bonds is 2. The van der Waals surface area contributed by atoms with E-state index in [0.717, 1.165) is 17.0 Å². The van der Waals surface area contributed by atoms with E-state index in [1.807, 2.05) is 17.5 Å². The minimum Gasteiger partial charge on any atom is -0.294 e. The molecule has 3 nitrogen and oxygen atoms in total. The Hall–Kier alpha value is -2.41. The predicted molar refractivity (Wildman–Crippen MR) is 96.5 cm³/mol. The lowest BCUT2D eigenvalue weighted by molar-refractivity contribution is -0.137. The average Bonchev–Trinajstić information content (AvgIpc) is 3.15. The van der Waals surface area contributed by atoms with Gasteiger partial charge in [0, 0.05) is 40.6 Å². The quantitative estimate of drug-likeness (QED) is 0.697. The summed E-state index contributed by atoms with van der Waals surface area (Å²) in [6.45, 7) is 0. The Bertz CT molecular complexity index is 914. The zero-order valence-corrected chi connectivity index (χ0v) is 15.1. The van der Waals surface area contributed by atoms with E-state index in [1.54, 1.807) is 0 Å². The second-order valence-corrected chi connectivity index (χ2v) is 7.66. The van der Waals surface area contributed by atoms with Gasteiger partial charge in [-0.05, 0) is 48.6 Å². The maximum absolute atomic E-state index is 12.9. The van der Waals surface area contributed by atoms with E-state index < -0.39 is 11.7 Å². The van der Waals surface area contributed by atoms with Crippen LogP contribution in [0.2, 0.25) is 0 Å². The number of thiophene rings is 1. The number of nitrogens with zero attached hydrogens (tertiary/aromatic N) is 1. The smallest absolute Gasteiger partial charge is 0.294 e. The van der Waals surface area contributed by atoms with E-state index in [1.165, 1.54) is 28.4 Å². The lowest BCUT2D eigenvalue weighted by Crippen LogP contribution is -2.40. The number of carbonyl (C=O) groups is 2. The maximum Gasteiger partial charge on any atom is 0.416 e. The third-order valence-electron chi connectivity index (χ3n) is 5.01. The minimum absolute atomic E-state index is 0.0269. The van der Waals surface area contributed by atoms with Gasteiger partial charge in [0.15, 0.2) is 5.78 Å². The predicted octanol–water partition coefficient (Wildman–Crippen LogP) is 5.29. The number of carbonyl (C=O) groups excluding carboxylic acids is 2. The van der Waals surface area contributed by atoms with Gasteiger partial charge in [-0.25, -0.2) is 0 Å². The van der Waals surface area contributed by atoms with Gasteiger partial charge in [0.05, 0.1) is 5.56 Å². The summed E-state index contributed by atoms with van der Waals surface area (Å²) in [6, 6.07) is 8.35. The number of ketones is 1.